The molecule has 0 aliphatic heterocycles. The van der Waals surface area contributed by atoms with Gasteiger partial charge in [0.1, 0.15) is 11.2 Å². The Labute approximate surface area is 170 Å². The minimum atomic E-state index is -0.665. The maximum atomic E-state index is 11.6. The number of carbonyl (C=O) groups excluding carboxylic acids is 2. The van der Waals surface area contributed by atoms with E-state index in [1.54, 1.807) is 39.8 Å². The molecule has 0 spiro atoms. The molecule has 0 aromatic rings. The fourth-order valence-electron chi connectivity index (χ4n) is 2.06. The fourth-order valence-corrected chi connectivity index (χ4v) is 2.06. The minimum absolute atomic E-state index is 0.345. The smallest absolute Gasteiger partial charge is 0.297 e. The zero-order valence-electron chi connectivity index (χ0n) is 18.1. The summed E-state index contributed by atoms with van der Waals surface area (Å²) in [7, 11) is 0. The predicted molar refractivity (Wildman–Crippen MR) is 109 cm³/mol. The van der Waals surface area contributed by atoms with Gasteiger partial charge in [-0.1, -0.05) is 50.7 Å². The lowest BCUT2D eigenvalue weighted by Crippen LogP contribution is -2.23. The van der Waals surface area contributed by atoms with Gasteiger partial charge in [0.15, 0.2) is 0 Å². The van der Waals surface area contributed by atoms with Gasteiger partial charge in [0.2, 0.25) is 0 Å². The van der Waals surface area contributed by atoms with E-state index in [1.165, 1.54) is 0 Å². The van der Waals surface area contributed by atoms with Crippen LogP contribution in [0.15, 0.2) is 25.3 Å². The van der Waals surface area contributed by atoms with Crippen LogP contribution in [0.3, 0.4) is 0 Å². The van der Waals surface area contributed by atoms with Crippen molar-refractivity contribution in [2.45, 2.75) is 103 Å². The van der Waals surface area contributed by atoms with Gasteiger partial charge in [0, 0.05) is 12.8 Å². The molecule has 0 aliphatic carbocycles. The summed E-state index contributed by atoms with van der Waals surface area (Å²) in [5.74, 6) is -0.690. The quantitative estimate of drug-likeness (QED) is 0.134. The van der Waals surface area contributed by atoms with E-state index < -0.39 is 11.2 Å². The molecular weight excluding hydrogens is 360 g/mol. The number of hydrogen-bond acceptors (Lipinski definition) is 6. The van der Waals surface area contributed by atoms with E-state index in [4.69, 9.17) is 19.6 Å². The Kier molecular flexibility index (Phi) is 13.5. The standard InChI is InChI=1S/C22H38O6/c1-7-21(3,4)27-25-19(23)17-15-13-11-9-10-12-14-16-18-20(24)26-28-22(5,6)8-2/h7-8H,1-2,9-18H2,3-6H3. The first-order valence-corrected chi connectivity index (χ1v) is 10.2. The molecule has 28 heavy (non-hydrogen) atoms. The van der Waals surface area contributed by atoms with E-state index in [9.17, 15) is 9.59 Å². The van der Waals surface area contributed by atoms with Crippen LogP contribution < -0.4 is 0 Å². The Balaban J connectivity index is 3.46. The van der Waals surface area contributed by atoms with Crippen LogP contribution in [-0.2, 0) is 29.1 Å². The molecule has 6 nitrogen and oxygen atoms in total. The number of rotatable bonds is 17. The van der Waals surface area contributed by atoms with Crippen molar-refractivity contribution in [3.8, 4) is 0 Å². The van der Waals surface area contributed by atoms with Crippen LogP contribution in [0.1, 0.15) is 91.9 Å². The summed E-state index contributed by atoms with van der Waals surface area (Å²) in [5.41, 5.74) is -1.33. The highest BCUT2D eigenvalue weighted by Gasteiger charge is 2.18. The number of carbonyl (C=O) groups is 2. The largest absolute Gasteiger partial charge is 0.342 e. The lowest BCUT2D eigenvalue weighted by atomic mass is 10.1. The molecule has 0 N–H and O–H groups in total. The highest BCUT2D eigenvalue weighted by atomic mass is 17.2. The van der Waals surface area contributed by atoms with Crippen molar-refractivity contribution >= 4 is 11.9 Å². The highest BCUT2D eigenvalue weighted by Crippen LogP contribution is 2.14. The lowest BCUT2D eigenvalue weighted by molar-refractivity contribution is -0.312. The fraction of sp³-hybridized carbons (Fsp3) is 0.727. The second kappa shape index (κ2) is 14.4. The summed E-state index contributed by atoms with van der Waals surface area (Å²) >= 11 is 0. The molecule has 0 amide bonds. The van der Waals surface area contributed by atoms with Crippen LogP contribution in [0.4, 0.5) is 0 Å². The Morgan fingerprint density at radius 1 is 0.643 bits per heavy atom. The summed E-state index contributed by atoms with van der Waals surface area (Å²) in [6.45, 7) is 14.3. The van der Waals surface area contributed by atoms with Crippen LogP contribution in [0, 0.1) is 0 Å². The van der Waals surface area contributed by atoms with E-state index in [0.29, 0.717) is 12.8 Å². The van der Waals surface area contributed by atoms with E-state index in [0.717, 1.165) is 51.4 Å². The summed E-state index contributed by atoms with van der Waals surface area (Å²) in [5, 5.41) is 0. The van der Waals surface area contributed by atoms with Gasteiger partial charge >= 0.3 is 11.9 Å². The normalized spacial score (nSPS) is 11.7. The summed E-state index contributed by atoms with van der Waals surface area (Å²) in [6.07, 6.45) is 11.9. The van der Waals surface area contributed by atoms with Gasteiger partial charge in [0.05, 0.1) is 0 Å². The first-order chi connectivity index (χ1) is 13.1. The lowest BCUT2D eigenvalue weighted by Gasteiger charge is -2.17. The van der Waals surface area contributed by atoms with Crippen LogP contribution >= 0.6 is 0 Å². The first kappa shape index (κ1) is 26.3. The van der Waals surface area contributed by atoms with Crippen molar-refractivity contribution in [1.29, 1.82) is 0 Å². The third-order valence-corrected chi connectivity index (χ3v) is 4.19. The second-order valence-electron chi connectivity index (χ2n) is 8.02. The monoisotopic (exact) mass is 398 g/mol. The zero-order valence-corrected chi connectivity index (χ0v) is 18.1. The molecule has 0 fully saturated rings. The maximum Gasteiger partial charge on any atom is 0.342 e. The molecule has 6 heteroatoms. The van der Waals surface area contributed by atoms with E-state index >= 15 is 0 Å². The molecule has 0 aliphatic rings. The molecular formula is C22H38O6. The van der Waals surface area contributed by atoms with Crippen LogP contribution in [0.2, 0.25) is 0 Å². The van der Waals surface area contributed by atoms with E-state index in [2.05, 4.69) is 13.2 Å². The third-order valence-electron chi connectivity index (χ3n) is 4.19. The van der Waals surface area contributed by atoms with Crippen molar-refractivity contribution in [2.24, 2.45) is 0 Å². The van der Waals surface area contributed by atoms with Crippen molar-refractivity contribution in [2.75, 3.05) is 0 Å². The highest BCUT2D eigenvalue weighted by molar-refractivity contribution is 5.68. The number of unbranched alkanes of at least 4 members (excludes halogenated alkanes) is 7. The molecule has 0 saturated heterocycles. The summed E-state index contributed by atoms with van der Waals surface area (Å²) in [4.78, 5) is 42.7. The minimum Gasteiger partial charge on any atom is -0.297 e. The topological polar surface area (TPSA) is 71.1 Å². The van der Waals surface area contributed by atoms with Crippen molar-refractivity contribution in [1.82, 2.24) is 0 Å². The van der Waals surface area contributed by atoms with Gasteiger partial charge in [0.25, 0.3) is 0 Å². The molecule has 0 rings (SSSR count). The average Bonchev–Trinajstić information content (AvgIpc) is 2.66. The van der Waals surface area contributed by atoms with E-state index in [-0.39, 0.29) is 11.9 Å². The molecule has 162 valence electrons. The molecule has 0 radical (unpaired) electrons. The average molecular weight is 399 g/mol. The molecule has 0 bridgehead atoms. The molecule has 0 heterocycles. The summed E-state index contributed by atoms with van der Waals surface area (Å²) in [6, 6.07) is 0. The van der Waals surface area contributed by atoms with Gasteiger partial charge in [-0.15, -0.1) is 13.2 Å². The van der Waals surface area contributed by atoms with Gasteiger partial charge in [-0.2, -0.15) is 9.78 Å². The second-order valence-corrected chi connectivity index (χ2v) is 8.02. The molecule has 0 aromatic carbocycles. The Bertz CT molecular complexity index is 437. The van der Waals surface area contributed by atoms with Crippen molar-refractivity contribution in [3.05, 3.63) is 25.3 Å². The van der Waals surface area contributed by atoms with Gasteiger partial charge in [-0.3, -0.25) is 9.78 Å². The molecule has 0 aromatic heterocycles. The maximum absolute atomic E-state index is 11.6. The zero-order chi connectivity index (χ0) is 21.5. The van der Waals surface area contributed by atoms with E-state index in [1.807, 2.05) is 0 Å². The SMILES string of the molecule is C=CC(C)(C)OOC(=O)CCCCCCCCCCC(=O)OOC(C)(C)C=C. The van der Waals surface area contributed by atoms with Crippen LogP contribution in [0.25, 0.3) is 0 Å². The Morgan fingerprint density at radius 2 is 0.929 bits per heavy atom. The van der Waals surface area contributed by atoms with Gasteiger partial charge in [-0.05, 0) is 40.5 Å². The molecule has 0 atom stereocenters. The first-order valence-electron chi connectivity index (χ1n) is 10.2. The van der Waals surface area contributed by atoms with Gasteiger partial charge in [-0.25, -0.2) is 9.59 Å². The Morgan fingerprint density at radius 3 is 1.21 bits per heavy atom. The molecule has 0 saturated carbocycles. The van der Waals surface area contributed by atoms with Crippen molar-refractivity contribution in [3.63, 3.8) is 0 Å². The summed E-state index contributed by atoms with van der Waals surface area (Å²) < 4.78 is 0. The molecule has 0 unspecified atom stereocenters. The van der Waals surface area contributed by atoms with Gasteiger partial charge < -0.3 is 0 Å². The Hall–Kier alpha value is -1.66. The van der Waals surface area contributed by atoms with Crippen molar-refractivity contribution < 1.29 is 29.1 Å². The third kappa shape index (κ3) is 15.4. The predicted octanol–water partition coefficient (Wildman–Crippen LogP) is 5.77. The van der Waals surface area contributed by atoms with Crippen LogP contribution in [-0.4, -0.2) is 23.1 Å². The number of hydrogen-bond donors (Lipinski definition) is 0. The van der Waals surface area contributed by atoms with Crippen LogP contribution in [0.5, 0.6) is 0 Å².